The molecule has 0 radical (unpaired) electrons. The molecule has 1 amide bonds. The van der Waals surface area contributed by atoms with Gasteiger partial charge in [-0.3, -0.25) is 9.78 Å². The van der Waals surface area contributed by atoms with Gasteiger partial charge in [0.25, 0.3) is 5.71 Å². The molecule has 6 rings (SSSR count). The van der Waals surface area contributed by atoms with Crippen molar-refractivity contribution in [2.75, 3.05) is 31.1 Å². The van der Waals surface area contributed by atoms with Gasteiger partial charge in [0.1, 0.15) is 22.7 Å². The number of aromatic nitrogens is 4. The Morgan fingerprint density at radius 1 is 0.897 bits per heavy atom. The number of aryl methyl sites for hydroxylation is 2. The van der Waals surface area contributed by atoms with Gasteiger partial charge in [-0.05, 0) is 36.6 Å². The Morgan fingerprint density at radius 3 is 2.44 bits per heavy atom. The van der Waals surface area contributed by atoms with Crippen molar-refractivity contribution in [3.8, 4) is 11.3 Å². The zero-order valence-corrected chi connectivity index (χ0v) is 22.0. The molecule has 1 saturated heterocycles. The lowest BCUT2D eigenvalue weighted by atomic mass is 10.1. The molecule has 0 saturated carbocycles. The van der Waals surface area contributed by atoms with Gasteiger partial charge in [-0.25, -0.2) is 4.98 Å². The van der Waals surface area contributed by atoms with E-state index < -0.39 is 0 Å². The predicted molar refractivity (Wildman–Crippen MR) is 150 cm³/mol. The number of piperazine rings is 1. The minimum Gasteiger partial charge on any atom is -0.352 e. The van der Waals surface area contributed by atoms with Crippen LogP contribution in [0.1, 0.15) is 28.9 Å². The van der Waals surface area contributed by atoms with Crippen molar-refractivity contribution in [3.05, 3.63) is 102 Å². The highest BCUT2D eigenvalue weighted by Gasteiger charge is 2.27. The summed E-state index contributed by atoms with van der Waals surface area (Å²) < 4.78 is 5.75. The molecule has 3 aromatic heterocycles. The number of hydrogen-bond acceptors (Lipinski definition) is 7. The van der Waals surface area contributed by atoms with Crippen LogP contribution >= 0.6 is 0 Å². The number of hydrogen-bond donors (Lipinski definition) is 0. The normalized spacial score (nSPS) is 13.7. The number of carbonyl (C=O) groups is 1. The lowest BCUT2D eigenvalue weighted by Crippen LogP contribution is -2.49. The van der Waals surface area contributed by atoms with Gasteiger partial charge in [-0.1, -0.05) is 65.3 Å². The fraction of sp³-hybridized carbons (Fsp3) is 0.258. The summed E-state index contributed by atoms with van der Waals surface area (Å²) in [7, 11) is 0. The van der Waals surface area contributed by atoms with Crippen molar-refractivity contribution in [1.82, 2.24) is 25.0 Å². The van der Waals surface area contributed by atoms with Gasteiger partial charge < -0.3 is 14.3 Å². The molecule has 0 aliphatic carbocycles. The highest BCUT2D eigenvalue weighted by Crippen LogP contribution is 2.34. The SMILES string of the molecule is Cc1ccc(Cc2nc(N3CCN(C(=O)CCc4ccccc4)CC3)c3c(-c4cccnc4)noc3n2)cc1. The van der Waals surface area contributed by atoms with E-state index in [-0.39, 0.29) is 5.91 Å². The molecule has 2 aromatic carbocycles. The number of benzene rings is 2. The fourth-order valence-electron chi connectivity index (χ4n) is 5.00. The number of amides is 1. The largest absolute Gasteiger partial charge is 0.352 e. The van der Waals surface area contributed by atoms with Crippen molar-refractivity contribution in [2.24, 2.45) is 0 Å². The Labute approximate surface area is 227 Å². The summed E-state index contributed by atoms with van der Waals surface area (Å²) in [5.41, 5.74) is 5.51. The van der Waals surface area contributed by atoms with Gasteiger partial charge in [0.15, 0.2) is 0 Å². The fourth-order valence-corrected chi connectivity index (χ4v) is 5.00. The maximum atomic E-state index is 13.0. The molecular formula is C31H30N6O2. The van der Waals surface area contributed by atoms with E-state index in [4.69, 9.17) is 14.5 Å². The Kier molecular flexibility index (Phi) is 6.99. The van der Waals surface area contributed by atoms with Crippen LogP contribution in [0, 0.1) is 6.92 Å². The minimum atomic E-state index is 0.187. The lowest BCUT2D eigenvalue weighted by Gasteiger charge is -2.35. The van der Waals surface area contributed by atoms with Crippen molar-refractivity contribution in [2.45, 2.75) is 26.2 Å². The minimum absolute atomic E-state index is 0.187. The Bertz CT molecular complexity index is 1560. The van der Waals surface area contributed by atoms with Gasteiger partial charge >= 0.3 is 0 Å². The molecule has 4 heterocycles. The Morgan fingerprint density at radius 2 is 1.69 bits per heavy atom. The van der Waals surface area contributed by atoms with Gasteiger partial charge in [0.05, 0.1) is 0 Å². The number of rotatable bonds is 7. The van der Waals surface area contributed by atoms with Crippen molar-refractivity contribution in [3.63, 3.8) is 0 Å². The van der Waals surface area contributed by atoms with E-state index in [1.807, 2.05) is 35.2 Å². The predicted octanol–water partition coefficient (Wildman–Crippen LogP) is 4.86. The van der Waals surface area contributed by atoms with Gasteiger partial charge in [0.2, 0.25) is 5.91 Å². The van der Waals surface area contributed by atoms with Crippen LogP contribution in [0.4, 0.5) is 5.82 Å². The first-order valence-electron chi connectivity index (χ1n) is 13.3. The highest BCUT2D eigenvalue weighted by atomic mass is 16.5. The number of fused-ring (bicyclic) bond motifs is 1. The van der Waals surface area contributed by atoms with Crippen LogP contribution < -0.4 is 4.90 Å². The summed E-state index contributed by atoms with van der Waals surface area (Å²) >= 11 is 0. The summed E-state index contributed by atoms with van der Waals surface area (Å²) in [5.74, 6) is 1.66. The van der Waals surface area contributed by atoms with E-state index >= 15 is 0 Å². The number of pyridine rings is 1. The number of nitrogens with zero attached hydrogens (tertiary/aromatic N) is 6. The van der Waals surface area contributed by atoms with E-state index in [9.17, 15) is 4.79 Å². The molecule has 0 unspecified atom stereocenters. The number of anilines is 1. The van der Waals surface area contributed by atoms with Gasteiger partial charge in [-0.2, -0.15) is 4.98 Å². The lowest BCUT2D eigenvalue weighted by molar-refractivity contribution is -0.131. The second kappa shape index (κ2) is 11.0. The van der Waals surface area contributed by atoms with Gasteiger partial charge in [0, 0.05) is 57.0 Å². The summed E-state index contributed by atoms with van der Waals surface area (Å²) in [6.07, 6.45) is 5.36. The molecule has 0 bridgehead atoms. The van der Waals surface area contributed by atoms with Crippen molar-refractivity contribution < 1.29 is 9.32 Å². The summed E-state index contributed by atoms with van der Waals surface area (Å²) in [5, 5.41) is 5.15. The van der Waals surface area contributed by atoms with Crippen LogP contribution in [0.2, 0.25) is 0 Å². The summed E-state index contributed by atoms with van der Waals surface area (Å²) in [6, 6.07) is 22.4. The van der Waals surface area contributed by atoms with Crippen molar-refractivity contribution in [1.29, 1.82) is 0 Å². The van der Waals surface area contributed by atoms with Crippen molar-refractivity contribution >= 4 is 22.8 Å². The maximum Gasteiger partial charge on any atom is 0.263 e. The van der Waals surface area contributed by atoms with Crippen LogP contribution in [0.15, 0.2) is 83.6 Å². The third kappa shape index (κ3) is 5.50. The molecule has 39 heavy (non-hydrogen) atoms. The monoisotopic (exact) mass is 518 g/mol. The van der Waals surface area contributed by atoms with E-state index in [0.717, 1.165) is 28.8 Å². The van der Waals surface area contributed by atoms with E-state index in [1.54, 1.807) is 12.4 Å². The zero-order valence-electron chi connectivity index (χ0n) is 22.0. The summed E-state index contributed by atoms with van der Waals surface area (Å²) in [4.78, 5) is 31.2. The second-order valence-electron chi connectivity index (χ2n) is 9.93. The van der Waals surface area contributed by atoms with Crippen LogP contribution in [-0.2, 0) is 17.6 Å². The molecular weight excluding hydrogens is 488 g/mol. The second-order valence-corrected chi connectivity index (χ2v) is 9.93. The van der Waals surface area contributed by atoms with E-state index in [1.165, 1.54) is 11.1 Å². The molecule has 1 aliphatic rings. The molecule has 1 fully saturated rings. The third-order valence-electron chi connectivity index (χ3n) is 7.18. The quantitative estimate of drug-likeness (QED) is 0.304. The molecule has 1 aliphatic heterocycles. The first-order chi connectivity index (χ1) is 19.1. The van der Waals surface area contributed by atoms with Crippen LogP contribution in [-0.4, -0.2) is 57.1 Å². The molecule has 8 heteroatoms. The van der Waals surface area contributed by atoms with E-state index in [0.29, 0.717) is 56.3 Å². The first-order valence-corrected chi connectivity index (χ1v) is 13.3. The Hall–Kier alpha value is -4.59. The van der Waals surface area contributed by atoms with E-state index in [2.05, 4.69) is 58.4 Å². The molecule has 0 atom stereocenters. The molecule has 196 valence electrons. The molecule has 5 aromatic rings. The standard InChI is InChI=1S/C31H30N6O2/c1-22-9-11-24(12-10-22)20-26-33-30(28-29(35-39-31(28)34-26)25-8-5-15-32-21-25)37-18-16-36(17-19-37)27(38)14-13-23-6-3-2-4-7-23/h2-12,15,21H,13-14,16-20H2,1H3. The average Bonchev–Trinajstić information content (AvgIpc) is 3.42. The average molecular weight is 519 g/mol. The highest BCUT2D eigenvalue weighted by molar-refractivity contribution is 5.98. The van der Waals surface area contributed by atoms with Gasteiger partial charge in [-0.15, -0.1) is 0 Å². The Balaban J connectivity index is 1.26. The molecule has 0 spiro atoms. The molecule has 0 N–H and O–H groups in total. The molecule has 8 nitrogen and oxygen atoms in total. The van der Waals surface area contributed by atoms with Crippen LogP contribution in [0.3, 0.4) is 0 Å². The van der Waals surface area contributed by atoms with Crippen LogP contribution in [0.5, 0.6) is 0 Å². The zero-order chi connectivity index (χ0) is 26.6. The number of carbonyl (C=O) groups excluding carboxylic acids is 1. The maximum absolute atomic E-state index is 13.0. The first kappa shape index (κ1) is 24.7. The van der Waals surface area contributed by atoms with Crippen LogP contribution in [0.25, 0.3) is 22.4 Å². The third-order valence-corrected chi connectivity index (χ3v) is 7.18. The smallest absolute Gasteiger partial charge is 0.263 e. The summed E-state index contributed by atoms with van der Waals surface area (Å²) in [6.45, 7) is 4.69. The topological polar surface area (TPSA) is 88.3 Å².